The molecule has 132 valence electrons. The Bertz CT molecular complexity index is 937. The van der Waals surface area contributed by atoms with Gasteiger partial charge in [-0.2, -0.15) is 0 Å². The fraction of sp³-hybridized carbons (Fsp3) is 0.176. The van der Waals surface area contributed by atoms with E-state index in [0.29, 0.717) is 16.8 Å². The Morgan fingerprint density at radius 3 is 2.36 bits per heavy atom. The van der Waals surface area contributed by atoms with Crippen LogP contribution in [0.5, 0.6) is 0 Å². The Labute approximate surface area is 146 Å². The Hall–Kier alpha value is -2.71. The first-order chi connectivity index (χ1) is 11.6. The van der Waals surface area contributed by atoms with Crippen LogP contribution in [-0.4, -0.2) is 39.2 Å². The van der Waals surface area contributed by atoms with Crippen molar-refractivity contribution in [1.82, 2.24) is 4.90 Å². The van der Waals surface area contributed by atoms with Crippen molar-refractivity contribution >= 4 is 27.5 Å². The van der Waals surface area contributed by atoms with Gasteiger partial charge >= 0.3 is 0 Å². The largest absolute Gasteiger partial charge is 0.345 e. The number of nitrogens with two attached hydrogens (primary N) is 1. The number of carbonyl (C=O) groups is 2. The number of nitrogens with one attached hydrogen (secondary N) is 1. The zero-order valence-electron chi connectivity index (χ0n) is 14.1. The number of amides is 2. The first-order valence-corrected chi connectivity index (χ1v) is 8.91. The maximum Gasteiger partial charge on any atom is 0.255 e. The van der Waals surface area contributed by atoms with Gasteiger partial charge in [-0.1, -0.05) is 12.1 Å². The Kier molecular flexibility index (Phi) is 5.24. The van der Waals surface area contributed by atoms with Crippen LogP contribution in [0.1, 0.15) is 26.3 Å². The second kappa shape index (κ2) is 7.04. The molecular weight excluding hydrogens is 342 g/mol. The first kappa shape index (κ1) is 18.6. The maximum absolute atomic E-state index is 12.5. The van der Waals surface area contributed by atoms with Crippen molar-refractivity contribution in [2.24, 2.45) is 5.14 Å². The Morgan fingerprint density at radius 1 is 1.08 bits per heavy atom. The smallest absolute Gasteiger partial charge is 0.255 e. The number of primary sulfonamides is 1. The summed E-state index contributed by atoms with van der Waals surface area (Å²) >= 11 is 0. The molecule has 0 aromatic heterocycles. The van der Waals surface area contributed by atoms with Gasteiger partial charge in [-0.25, -0.2) is 13.6 Å². The van der Waals surface area contributed by atoms with Crippen LogP contribution in [0.15, 0.2) is 47.4 Å². The molecule has 0 fully saturated rings. The highest BCUT2D eigenvalue weighted by Crippen LogP contribution is 2.18. The second-order valence-electron chi connectivity index (χ2n) is 5.76. The number of sulfonamides is 1. The van der Waals surface area contributed by atoms with Crippen molar-refractivity contribution in [1.29, 1.82) is 0 Å². The highest BCUT2D eigenvalue weighted by atomic mass is 32.2. The van der Waals surface area contributed by atoms with Gasteiger partial charge in [0.25, 0.3) is 11.8 Å². The quantitative estimate of drug-likeness (QED) is 0.862. The summed E-state index contributed by atoms with van der Waals surface area (Å²) in [6.45, 7) is 1.69. The molecule has 7 nitrogen and oxygen atoms in total. The molecule has 3 N–H and O–H groups in total. The fourth-order valence-electron chi connectivity index (χ4n) is 2.21. The number of hydrogen-bond donors (Lipinski definition) is 2. The summed E-state index contributed by atoms with van der Waals surface area (Å²) in [6, 6.07) is 10.6. The third-order valence-electron chi connectivity index (χ3n) is 3.56. The van der Waals surface area contributed by atoms with Crippen LogP contribution >= 0.6 is 0 Å². The van der Waals surface area contributed by atoms with E-state index in [1.165, 1.54) is 23.1 Å². The Balaban J connectivity index is 2.32. The average molecular weight is 361 g/mol. The number of rotatable bonds is 4. The lowest BCUT2D eigenvalue weighted by molar-refractivity contribution is 0.0827. The minimum atomic E-state index is -3.91. The molecule has 0 aliphatic heterocycles. The van der Waals surface area contributed by atoms with Crippen molar-refractivity contribution in [3.05, 3.63) is 59.2 Å². The van der Waals surface area contributed by atoms with Gasteiger partial charge in [0.05, 0.1) is 4.90 Å². The summed E-state index contributed by atoms with van der Waals surface area (Å²) < 4.78 is 22.9. The van der Waals surface area contributed by atoms with Gasteiger partial charge < -0.3 is 10.2 Å². The van der Waals surface area contributed by atoms with Gasteiger partial charge in [0.1, 0.15) is 0 Å². The lowest BCUT2D eigenvalue weighted by Crippen LogP contribution is -2.22. The lowest BCUT2D eigenvalue weighted by Gasteiger charge is -2.12. The second-order valence-corrected chi connectivity index (χ2v) is 7.32. The normalized spacial score (nSPS) is 11.0. The topological polar surface area (TPSA) is 110 Å². The summed E-state index contributed by atoms with van der Waals surface area (Å²) in [5.74, 6) is -0.680. The van der Waals surface area contributed by atoms with Crippen LogP contribution in [0.25, 0.3) is 0 Å². The van der Waals surface area contributed by atoms with Gasteiger partial charge in [-0.15, -0.1) is 0 Å². The number of aryl methyl sites for hydroxylation is 1. The standard InChI is InChI=1S/C17H19N3O4S/c1-11-7-8-14(25(18,23)24)10-15(11)16(21)19-13-6-4-5-12(9-13)17(22)20(2)3/h4-10H,1-3H3,(H,19,21)(H2,18,23,24). The molecule has 0 spiro atoms. The number of anilines is 1. The van der Waals surface area contributed by atoms with Crippen LogP contribution < -0.4 is 10.5 Å². The number of nitrogens with zero attached hydrogens (tertiary/aromatic N) is 1. The van der Waals surface area contributed by atoms with Crippen LogP contribution in [0.4, 0.5) is 5.69 Å². The molecule has 2 aromatic rings. The Morgan fingerprint density at radius 2 is 1.76 bits per heavy atom. The van der Waals surface area contributed by atoms with Crippen LogP contribution in [-0.2, 0) is 10.0 Å². The molecule has 0 aliphatic carbocycles. The van der Waals surface area contributed by atoms with Gasteiger partial charge in [-0.3, -0.25) is 9.59 Å². The van der Waals surface area contributed by atoms with Crippen LogP contribution in [0, 0.1) is 6.92 Å². The van der Waals surface area contributed by atoms with Crippen molar-refractivity contribution < 1.29 is 18.0 Å². The van der Waals surface area contributed by atoms with E-state index in [1.54, 1.807) is 45.3 Å². The van der Waals surface area contributed by atoms with Crippen LogP contribution in [0.3, 0.4) is 0 Å². The van der Waals surface area contributed by atoms with Gasteiger partial charge in [-0.05, 0) is 42.8 Å². The van der Waals surface area contributed by atoms with Gasteiger partial charge in [0.15, 0.2) is 0 Å². The molecule has 2 aromatic carbocycles. The summed E-state index contributed by atoms with van der Waals surface area (Å²) in [4.78, 5) is 25.8. The summed E-state index contributed by atoms with van der Waals surface area (Å²) in [7, 11) is -0.637. The SMILES string of the molecule is Cc1ccc(S(N)(=O)=O)cc1C(=O)Nc1cccc(C(=O)N(C)C)c1. The monoisotopic (exact) mass is 361 g/mol. The minimum Gasteiger partial charge on any atom is -0.345 e. The van der Waals surface area contributed by atoms with E-state index >= 15 is 0 Å². The number of carbonyl (C=O) groups excluding carboxylic acids is 2. The molecule has 0 radical (unpaired) electrons. The van der Waals surface area contributed by atoms with E-state index in [9.17, 15) is 18.0 Å². The summed E-state index contributed by atoms with van der Waals surface area (Å²) in [5, 5.41) is 7.77. The molecular formula is C17H19N3O4S. The van der Waals surface area contributed by atoms with Crippen molar-refractivity contribution in [3.8, 4) is 0 Å². The highest BCUT2D eigenvalue weighted by Gasteiger charge is 2.16. The molecule has 0 bridgehead atoms. The first-order valence-electron chi connectivity index (χ1n) is 7.36. The van der Waals surface area contributed by atoms with Crippen molar-refractivity contribution in [3.63, 3.8) is 0 Å². The average Bonchev–Trinajstić information content (AvgIpc) is 2.53. The molecule has 25 heavy (non-hydrogen) atoms. The zero-order chi connectivity index (χ0) is 18.8. The number of hydrogen-bond acceptors (Lipinski definition) is 4. The van der Waals surface area contributed by atoms with E-state index in [4.69, 9.17) is 5.14 Å². The molecule has 2 rings (SSSR count). The third-order valence-corrected chi connectivity index (χ3v) is 4.47. The lowest BCUT2D eigenvalue weighted by atomic mass is 10.1. The van der Waals surface area contributed by atoms with Crippen molar-refractivity contribution in [2.75, 3.05) is 19.4 Å². The maximum atomic E-state index is 12.5. The third kappa shape index (κ3) is 4.43. The summed E-state index contributed by atoms with van der Waals surface area (Å²) in [5.41, 5.74) is 1.65. The minimum absolute atomic E-state index is 0.139. The van der Waals surface area contributed by atoms with Gasteiger partial charge in [0.2, 0.25) is 10.0 Å². The summed E-state index contributed by atoms with van der Waals surface area (Å²) in [6.07, 6.45) is 0. The fourth-order valence-corrected chi connectivity index (χ4v) is 2.75. The van der Waals surface area contributed by atoms with Crippen LogP contribution in [0.2, 0.25) is 0 Å². The molecule has 0 aliphatic rings. The molecule has 0 unspecified atom stereocenters. The highest BCUT2D eigenvalue weighted by molar-refractivity contribution is 7.89. The molecule has 0 saturated carbocycles. The van der Waals surface area contributed by atoms with Gasteiger partial charge in [0, 0.05) is 30.9 Å². The molecule has 0 atom stereocenters. The molecule has 2 amide bonds. The predicted octanol–water partition coefficient (Wildman–Crippen LogP) is 1.60. The van der Waals surface area contributed by atoms with E-state index in [-0.39, 0.29) is 16.4 Å². The molecule has 8 heteroatoms. The van der Waals surface area contributed by atoms with E-state index in [1.807, 2.05) is 0 Å². The molecule has 0 saturated heterocycles. The van der Waals surface area contributed by atoms with E-state index in [0.717, 1.165) is 0 Å². The zero-order valence-corrected chi connectivity index (χ0v) is 14.9. The van der Waals surface area contributed by atoms with E-state index < -0.39 is 15.9 Å². The number of benzene rings is 2. The van der Waals surface area contributed by atoms with E-state index in [2.05, 4.69) is 5.32 Å². The van der Waals surface area contributed by atoms with Crippen molar-refractivity contribution in [2.45, 2.75) is 11.8 Å². The predicted molar refractivity (Wildman–Crippen MR) is 95.0 cm³/mol. The molecule has 0 heterocycles.